The van der Waals surface area contributed by atoms with Crippen LogP contribution in [0.25, 0.3) is 0 Å². The van der Waals surface area contributed by atoms with Crippen molar-refractivity contribution in [2.45, 2.75) is 12.8 Å². The fourth-order valence-electron chi connectivity index (χ4n) is 0.447. The van der Waals surface area contributed by atoms with E-state index >= 15 is 0 Å². The lowest BCUT2D eigenvalue weighted by atomic mass is 10.3. The summed E-state index contributed by atoms with van der Waals surface area (Å²) in [7, 11) is 0. The van der Waals surface area contributed by atoms with Crippen molar-refractivity contribution in [1.82, 2.24) is 5.32 Å². The fourth-order valence-corrected chi connectivity index (χ4v) is 0.447. The second-order valence-corrected chi connectivity index (χ2v) is 1.83. The average Bonchev–Trinajstić information content (AvgIpc) is 1.97. The van der Waals surface area contributed by atoms with E-state index in [0.717, 1.165) is 0 Å². The van der Waals surface area contributed by atoms with Gasteiger partial charge in [-0.05, 0) is 0 Å². The predicted molar refractivity (Wildman–Crippen MR) is 35.5 cm³/mol. The molecule has 0 atom stereocenters. The number of hydrogen-bond donors (Lipinski definition) is 2. The molecule has 0 radical (unpaired) electrons. The highest BCUT2D eigenvalue weighted by Crippen LogP contribution is 1.87. The Kier molecular flexibility index (Phi) is 4.49. The number of hydrogen-bond acceptors (Lipinski definition) is 3. The number of nitrogens with zero attached hydrogens (tertiary/aromatic N) is 1. The molecule has 0 aliphatic heterocycles. The molecule has 1 amide bonds. The minimum Gasteiger partial charge on any atom is -0.481 e. The first-order valence-electron chi connectivity index (χ1n) is 3.02. The molecular formula is C6H8N2O3. The molecule has 0 aliphatic rings. The molecule has 0 aromatic rings. The van der Waals surface area contributed by atoms with Gasteiger partial charge in [0.25, 0.3) is 0 Å². The first kappa shape index (κ1) is 9.43. The Labute approximate surface area is 63.6 Å². The minimum absolute atomic E-state index is 0.0710. The van der Waals surface area contributed by atoms with Crippen LogP contribution in [0.3, 0.4) is 0 Å². The summed E-state index contributed by atoms with van der Waals surface area (Å²) in [6.45, 7) is -0.0710. The van der Waals surface area contributed by atoms with Gasteiger partial charge >= 0.3 is 5.97 Å². The van der Waals surface area contributed by atoms with Gasteiger partial charge in [-0.25, -0.2) is 0 Å². The molecule has 0 aromatic heterocycles. The zero-order chi connectivity index (χ0) is 8.69. The van der Waals surface area contributed by atoms with Gasteiger partial charge in [0.1, 0.15) is 6.54 Å². The number of rotatable bonds is 4. The summed E-state index contributed by atoms with van der Waals surface area (Å²) in [5, 5.41) is 18.4. The third kappa shape index (κ3) is 6.31. The highest BCUT2D eigenvalue weighted by Gasteiger charge is 2.03. The molecule has 60 valence electrons. The van der Waals surface area contributed by atoms with Crippen molar-refractivity contribution in [2.75, 3.05) is 6.54 Å². The van der Waals surface area contributed by atoms with Crippen LogP contribution in [-0.4, -0.2) is 23.5 Å². The normalized spacial score (nSPS) is 8.27. The van der Waals surface area contributed by atoms with E-state index < -0.39 is 11.9 Å². The van der Waals surface area contributed by atoms with Crippen molar-refractivity contribution >= 4 is 11.9 Å². The predicted octanol–water partition coefficient (Wildman–Crippen LogP) is -0.509. The van der Waals surface area contributed by atoms with Crippen LogP contribution < -0.4 is 5.32 Å². The lowest BCUT2D eigenvalue weighted by Gasteiger charge is -1.96. The summed E-state index contributed by atoms with van der Waals surface area (Å²) in [5.41, 5.74) is 0. The van der Waals surface area contributed by atoms with Gasteiger partial charge in [0.05, 0.1) is 12.5 Å². The summed E-state index contributed by atoms with van der Waals surface area (Å²) in [6, 6.07) is 1.71. The molecule has 5 nitrogen and oxygen atoms in total. The van der Waals surface area contributed by atoms with Gasteiger partial charge in [-0.2, -0.15) is 5.26 Å². The zero-order valence-corrected chi connectivity index (χ0v) is 5.83. The first-order chi connectivity index (χ1) is 5.16. The summed E-state index contributed by atoms with van der Waals surface area (Å²) in [6.07, 6.45) is -0.270. The van der Waals surface area contributed by atoms with Crippen LogP contribution in [0.5, 0.6) is 0 Å². The average molecular weight is 156 g/mol. The molecule has 0 spiro atoms. The number of carbonyl (C=O) groups excluding carboxylic acids is 1. The van der Waals surface area contributed by atoms with Crippen molar-refractivity contribution in [3.8, 4) is 6.07 Å². The third-order valence-corrected chi connectivity index (χ3v) is 0.931. The van der Waals surface area contributed by atoms with Crippen molar-refractivity contribution in [1.29, 1.82) is 5.26 Å². The Hall–Kier alpha value is -1.57. The molecule has 0 heterocycles. The van der Waals surface area contributed by atoms with Crippen LogP contribution in [0.15, 0.2) is 0 Å². The van der Waals surface area contributed by atoms with E-state index in [1.165, 1.54) is 0 Å². The van der Waals surface area contributed by atoms with E-state index in [1.54, 1.807) is 6.07 Å². The minimum atomic E-state index is -1.02. The lowest BCUT2D eigenvalue weighted by molar-refractivity contribution is -0.138. The first-order valence-corrected chi connectivity index (χ1v) is 3.02. The maximum atomic E-state index is 10.6. The van der Waals surface area contributed by atoms with Gasteiger partial charge in [0.2, 0.25) is 5.91 Å². The molecule has 0 fully saturated rings. The van der Waals surface area contributed by atoms with E-state index in [9.17, 15) is 9.59 Å². The standard InChI is InChI=1S/C6H8N2O3/c7-3-4-8-5(9)1-2-6(10)11/h1-2,4H2,(H,8,9)(H,10,11). The summed E-state index contributed by atoms with van der Waals surface area (Å²) < 4.78 is 0. The number of amides is 1. The quantitative estimate of drug-likeness (QED) is 0.536. The van der Waals surface area contributed by atoms with Crippen LogP contribution in [0.2, 0.25) is 0 Å². The van der Waals surface area contributed by atoms with Crippen LogP contribution in [-0.2, 0) is 9.59 Å². The number of carbonyl (C=O) groups is 2. The van der Waals surface area contributed by atoms with E-state index in [1.807, 2.05) is 0 Å². The second kappa shape index (κ2) is 5.23. The Morgan fingerprint density at radius 2 is 2.09 bits per heavy atom. The molecule has 0 bridgehead atoms. The summed E-state index contributed by atoms with van der Waals surface area (Å²) >= 11 is 0. The number of carboxylic acids is 1. The van der Waals surface area contributed by atoms with Crippen LogP contribution in [0.1, 0.15) is 12.8 Å². The van der Waals surface area contributed by atoms with Crippen LogP contribution >= 0.6 is 0 Å². The number of carboxylic acid groups (broad SMARTS) is 1. The number of aliphatic carboxylic acids is 1. The topological polar surface area (TPSA) is 90.2 Å². The van der Waals surface area contributed by atoms with Gasteiger partial charge in [0.15, 0.2) is 0 Å². The number of nitrogens with one attached hydrogen (secondary N) is 1. The Bertz CT molecular complexity index is 194. The largest absolute Gasteiger partial charge is 0.481 e. The van der Waals surface area contributed by atoms with E-state index in [4.69, 9.17) is 10.4 Å². The smallest absolute Gasteiger partial charge is 0.303 e. The second-order valence-electron chi connectivity index (χ2n) is 1.83. The van der Waals surface area contributed by atoms with Crippen molar-refractivity contribution in [2.24, 2.45) is 0 Å². The van der Waals surface area contributed by atoms with Gasteiger partial charge in [-0.15, -0.1) is 0 Å². The van der Waals surface area contributed by atoms with Gasteiger partial charge in [-0.1, -0.05) is 0 Å². The van der Waals surface area contributed by atoms with Crippen molar-refractivity contribution in [3.63, 3.8) is 0 Å². The van der Waals surface area contributed by atoms with E-state index in [2.05, 4.69) is 5.32 Å². The molecule has 0 saturated heterocycles. The van der Waals surface area contributed by atoms with Gasteiger partial charge < -0.3 is 10.4 Å². The van der Waals surface area contributed by atoms with Crippen LogP contribution in [0.4, 0.5) is 0 Å². The Balaban J connectivity index is 3.39. The summed E-state index contributed by atoms with van der Waals surface area (Å²) in [4.78, 5) is 20.5. The molecule has 2 N–H and O–H groups in total. The number of nitriles is 1. The molecule has 0 aromatic carbocycles. The third-order valence-electron chi connectivity index (χ3n) is 0.931. The molecular weight excluding hydrogens is 148 g/mol. The van der Waals surface area contributed by atoms with Crippen molar-refractivity contribution < 1.29 is 14.7 Å². The highest BCUT2D eigenvalue weighted by atomic mass is 16.4. The SMILES string of the molecule is N#CCNC(=O)CCC(=O)O. The monoisotopic (exact) mass is 156 g/mol. The molecule has 5 heteroatoms. The van der Waals surface area contributed by atoms with E-state index in [0.29, 0.717) is 0 Å². The van der Waals surface area contributed by atoms with Crippen molar-refractivity contribution in [3.05, 3.63) is 0 Å². The molecule has 11 heavy (non-hydrogen) atoms. The molecule has 0 saturated carbocycles. The zero-order valence-electron chi connectivity index (χ0n) is 5.83. The molecule has 0 rings (SSSR count). The Morgan fingerprint density at radius 3 is 2.55 bits per heavy atom. The summed E-state index contributed by atoms with van der Waals surface area (Å²) in [5.74, 6) is -1.42. The van der Waals surface area contributed by atoms with Crippen LogP contribution in [0, 0.1) is 11.3 Å². The van der Waals surface area contributed by atoms with Gasteiger partial charge in [-0.3, -0.25) is 9.59 Å². The maximum absolute atomic E-state index is 10.6. The fraction of sp³-hybridized carbons (Fsp3) is 0.500. The lowest BCUT2D eigenvalue weighted by Crippen LogP contribution is -2.23. The Morgan fingerprint density at radius 1 is 1.45 bits per heavy atom. The highest BCUT2D eigenvalue weighted by molar-refractivity contribution is 5.80. The molecule has 0 aliphatic carbocycles. The molecule has 0 unspecified atom stereocenters. The van der Waals surface area contributed by atoms with Gasteiger partial charge in [0, 0.05) is 6.42 Å². The van der Waals surface area contributed by atoms with E-state index in [-0.39, 0.29) is 19.4 Å². The maximum Gasteiger partial charge on any atom is 0.303 e.